The molecule has 1 fully saturated rings. The smallest absolute Gasteiger partial charge is 0.253 e. The number of rotatable bonds is 2. The fourth-order valence-corrected chi connectivity index (χ4v) is 1.90. The van der Waals surface area contributed by atoms with E-state index in [0.717, 1.165) is 17.5 Å². The summed E-state index contributed by atoms with van der Waals surface area (Å²) in [4.78, 5) is 18.6. The Morgan fingerprint density at radius 1 is 1.44 bits per heavy atom. The molecule has 16 heavy (non-hydrogen) atoms. The van der Waals surface area contributed by atoms with Gasteiger partial charge >= 0.3 is 0 Å². The topological polar surface area (TPSA) is 55.6 Å². The minimum Gasteiger partial charge on any atom is -0.336 e. The van der Waals surface area contributed by atoms with Crippen molar-refractivity contribution in [2.45, 2.75) is 19.4 Å². The van der Waals surface area contributed by atoms with Crippen LogP contribution in [-0.2, 0) is 4.84 Å². The molecular formula is C12H16N2O2. The van der Waals surface area contributed by atoms with Crippen molar-refractivity contribution >= 4 is 5.91 Å². The molecule has 1 heterocycles. The monoisotopic (exact) mass is 220 g/mol. The molecule has 2 N–H and O–H groups in total. The number of nitrogens with two attached hydrogens (primary N) is 1. The first-order chi connectivity index (χ1) is 7.70. The Bertz CT molecular complexity index is 375. The number of aryl methyl sites for hydroxylation is 1. The summed E-state index contributed by atoms with van der Waals surface area (Å²) >= 11 is 0. The second-order valence-corrected chi connectivity index (χ2v) is 4.16. The summed E-state index contributed by atoms with van der Waals surface area (Å²) in [6.45, 7) is 3.31. The van der Waals surface area contributed by atoms with E-state index in [1.807, 2.05) is 31.2 Å². The first-order valence-electron chi connectivity index (χ1n) is 5.42. The molecule has 0 spiro atoms. The van der Waals surface area contributed by atoms with Crippen molar-refractivity contribution in [3.05, 3.63) is 35.4 Å². The summed E-state index contributed by atoms with van der Waals surface area (Å²) in [5, 5.41) is 0. The summed E-state index contributed by atoms with van der Waals surface area (Å²) in [6, 6.07) is 7.60. The van der Waals surface area contributed by atoms with Crippen LogP contribution in [0.2, 0.25) is 0 Å². The molecule has 1 amide bonds. The van der Waals surface area contributed by atoms with E-state index in [2.05, 4.69) is 0 Å². The van der Waals surface area contributed by atoms with Gasteiger partial charge < -0.3 is 4.90 Å². The highest BCUT2D eigenvalue weighted by Gasteiger charge is 2.26. The van der Waals surface area contributed by atoms with Crippen LogP contribution >= 0.6 is 0 Å². The SMILES string of the molecule is Cc1ccc(C(=O)N2CCC(ON)C2)cc1. The first-order valence-corrected chi connectivity index (χ1v) is 5.42. The van der Waals surface area contributed by atoms with Crippen molar-refractivity contribution in [2.75, 3.05) is 13.1 Å². The zero-order chi connectivity index (χ0) is 11.5. The molecule has 0 bridgehead atoms. The molecule has 2 rings (SSSR count). The lowest BCUT2D eigenvalue weighted by Crippen LogP contribution is -2.30. The number of amides is 1. The average Bonchev–Trinajstić information content (AvgIpc) is 2.77. The third-order valence-electron chi connectivity index (χ3n) is 2.92. The number of nitrogens with zero attached hydrogens (tertiary/aromatic N) is 1. The molecular weight excluding hydrogens is 204 g/mol. The molecule has 1 aromatic carbocycles. The second kappa shape index (κ2) is 4.63. The molecule has 1 aromatic rings. The van der Waals surface area contributed by atoms with Gasteiger partial charge in [-0.05, 0) is 25.5 Å². The van der Waals surface area contributed by atoms with Gasteiger partial charge in [-0.15, -0.1) is 0 Å². The van der Waals surface area contributed by atoms with Gasteiger partial charge in [-0.25, -0.2) is 5.90 Å². The van der Waals surface area contributed by atoms with Gasteiger partial charge in [-0.1, -0.05) is 17.7 Å². The maximum absolute atomic E-state index is 12.0. The van der Waals surface area contributed by atoms with Crippen LogP contribution in [-0.4, -0.2) is 30.0 Å². The fourth-order valence-electron chi connectivity index (χ4n) is 1.90. The summed E-state index contributed by atoms with van der Waals surface area (Å²) in [6.07, 6.45) is 0.795. The molecule has 0 saturated carbocycles. The van der Waals surface area contributed by atoms with E-state index in [0.29, 0.717) is 13.1 Å². The molecule has 0 aromatic heterocycles. The number of carbonyl (C=O) groups is 1. The van der Waals surface area contributed by atoms with Gasteiger partial charge in [0.25, 0.3) is 5.91 Å². The molecule has 4 heteroatoms. The first kappa shape index (κ1) is 11.1. The molecule has 1 aliphatic rings. The minimum atomic E-state index is -0.0191. The predicted octanol–water partition coefficient (Wildman–Crippen LogP) is 1.10. The third-order valence-corrected chi connectivity index (χ3v) is 2.92. The molecule has 4 nitrogen and oxygen atoms in total. The van der Waals surface area contributed by atoms with E-state index in [9.17, 15) is 4.79 Å². The van der Waals surface area contributed by atoms with Crippen LogP contribution in [0.4, 0.5) is 0 Å². The summed E-state index contributed by atoms with van der Waals surface area (Å²) in [7, 11) is 0. The Kier molecular flexibility index (Phi) is 3.22. The van der Waals surface area contributed by atoms with Crippen LogP contribution in [0, 0.1) is 6.92 Å². The van der Waals surface area contributed by atoms with Crippen molar-refractivity contribution in [2.24, 2.45) is 5.90 Å². The molecule has 0 aliphatic carbocycles. The van der Waals surface area contributed by atoms with Crippen molar-refractivity contribution < 1.29 is 9.63 Å². The van der Waals surface area contributed by atoms with Crippen LogP contribution in [0.15, 0.2) is 24.3 Å². The molecule has 1 saturated heterocycles. The normalized spacial score (nSPS) is 20.1. The second-order valence-electron chi connectivity index (χ2n) is 4.16. The van der Waals surface area contributed by atoms with Gasteiger partial charge in [-0.3, -0.25) is 9.63 Å². The Labute approximate surface area is 94.9 Å². The maximum atomic E-state index is 12.0. The van der Waals surface area contributed by atoms with Gasteiger partial charge in [0.2, 0.25) is 0 Å². The van der Waals surface area contributed by atoms with E-state index >= 15 is 0 Å². The minimum absolute atomic E-state index is 0.0191. The number of hydrogen-bond donors (Lipinski definition) is 1. The van der Waals surface area contributed by atoms with Crippen LogP contribution in [0.25, 0.3) is 0 Å². The van der Waals surface area contributed by atoms with Gasteiger partial charge in [0, 0.05) is 18.7 Å². The fraction of sp³-hybridized carbons (Fsp3) is 0.417. The van der Waals surface area contributed by atoms with Gasteiger partial charge in [-0.2, -0.15) is 0 Å². The Morgan fingerprint density at radius 2 is 2.12 bits per heavy atom. The predicted molar refractivity (Wildman–Crippen MR) is 60.8 cm³/mol. The molecule has 86 valence electrons. The van der Waals surface area contributed by atoms with Gasteiger partial charge in [0.05, 0.1) is 6.10 Å². The van der Waals surface area contributed by atoms with E-state index in [1.165, 1.54) is 0 Å². The van der Waals surface area contributed by atoms with Crippen molar-refractivity contribution in [3.63, 3.8) is 0 Å². The van der Waals surface area contributed by atoms with Crippen LogP contribution < -0.4 is 5.90 Å². The average molecular weight is 220 g/mol. The number of likely N-dealkylation sites (tertiary alicyclic amines) is 1. The van der Waals surface area contributed by atoms with E-state index in [4.69, 9.17) is 10.7 Å². The Morgan fingerprint density at radius 3 is 2.69 bits per heavy atom. The van der Waals surface area contributed by atoms with E-state index in [-0.39, 0.29) is 12.0 Å². The standard InChI is InChI=1S/C12H16N2O2/c1-9-2-4-10(5-3-9)12(15)14-7-6-11(8-14)16-13/h2-5,11H,6-8,13H2,1H3. The highest BCUT2D eigenvalue weighted by molar-refractivity contribution is 5.94. The molecule has 1 atom stereocenters. The summed E-state index contributed by atoms with van der Waals surface area (Å²) in [5.74, 6) is 5.17. The molecule has 1 aliphatic heterocycles. The van der Waals surface area contributed by atoms with Crippen LogP contribution in [0.1, 0.15) is 22.3 Å². The lowest BCUT2D eigenvalue weighted by atomic mass is 10.1. The largest absolute Gasteiger partial charge is 0.336 e. The van der Waals surface area contributed by atoms with Crippen LogP contribution in [0.5, 0.6) is 0 Å². The van der Waals surface area contributed by atoms with Gasteiger partial charge in [0.1, 0.15) is 0 Å². The highest BCUT2D eigenvalue weighted by Crippen LogP contribution is 2.15. The number of hydrogen-bond acceptors (Lipinski definition) is 3. The Hall–Kier alpha value is -1.39. The van der Waals surface area contributed by atoms with Gasteiger partial charge in [0.15, 0.2) is 0 Å². The summed E-state index contributed by atoms with van der Waals surface area (Å²) < 4.78 is 0. The zero-order valence-corrected chi connectivity index (χ0v) is 9.35. The zero-order valence-electron chi connectivity index (χ0n) is 9.35. The van der Waals surface area contributed by atoms with E-state index < -0.39 is 0 Å². The quantitative estimate of drug-likeness (QED) is 0.759. The molecule has 0 radical (unpaired) electrons. The van der Waals surface area contributed by atoms with Crippen molar-refractivity contribution in [1.82, 2.24) is 4.90 Å². The highest BCUT2D eigenvalue weighted by atomic mass is 16.6. The molecule has 1 unspecified atom stereocenters. The van der Waals surface area contributed by atoms with Crippen molar-refractivity contribution in [3.8, 4) is 0 Å². The summed E-state index contributed by atoms with van der Waals surface area (Å²) in [5.41, 5.74) is 1.88. The van der Waals surface area contributed by atoms with Crippen molar-refractivity contribution in [1.29, 1.82) is 0 Å². The Balaban J connectivity index is 2.05. The lowest BCUT2D eigenvalue weighted by molar-refractivity contribution is 0.0537. The number of carbonyl (C=O) groups excluding carboxylic acids is 1. The van der Waals surface area contributed by atoms with E-state index in [1.54, 1.807) is 4.90 Å². The van der Waals surface area contributed by atoms with Crippen LogP contribution in [0.3, 0.4) is 0 Å². The third kappa shape index (κ3) is 2.23. The maximum Gasteiger partial charge on any atom is 0.253 e. The lowest BCUT2D eigenvalue weighted by Gasteiger charge is -2.15. The number of benzene rings is 1.